The van der Waals surface area contributed by atoms with Crippen molar-refractivity contribution in [1.29, 1.82) is 0 Å². The van der Waals surface area contributed by atoms with Crippen molar-refractivity contribution >= 4 is 34.8 Å². The Balaban J connectivity index is 1.61. The van der Waals surface area contributed by atoms with Crippen LogP contribution in [0.25, 0.3) is 10.6 Å². The highest BCUT2D eigenvalue weighted by Gasteiger charge is 2.20. The molecule has 33 heavy (non-hydrogen) atoms. The van der Waals surface area contributed by atoms with Crippen molar-refractivity contribution in [2.24, 2.45) is 5.92 Å². The second kappa shape index (κ2) is 10.8. The van der Waals surface area contributed by atoms with Crippen LogP contribution in [0, 0.1) is 18.7 Å². The highest BCUT2D eigenvalue weighted by atomic mass is 32.1. The van der Waals surface area contributed by atoms with E-state index in [0.29, 0.717) is 34.1 Å². The number of ether oxygens (including phenoxy) is 1. The lowest BCUT2D eigenvalue weighted by Crippen LogP contribution is -2.29. The number of carbonyl (C=O) groups is 3. The quantitative estimate of drug-likeness (QED) is 0.476. The summed E-state index contributed by atoms with van der Waals surface area (Å²) in [4.78, 5) is 41.9. The Bertz CT molecular complexity index is 1160. The maximum absolute atomic E-state index is 13.1. The number of benzene rings is 2. The molecule has 1 heterocycles. The highest BCUT2D eigenvalue weighted by Crippen LogP contribution is 2.28. The predicted molar refractivity (Wildman–Crippen MR) is 125 cm³/mol. The van der Waals surface area contributed by atoms with E-state index in [0.717, 1.165) is 11.3 Å². The summed E-state index contributed by atoms with van der Waals surface area (Å²) in [5, 5.41) is 5.97. The second-order valence-corrected chi connectivity index (χ2v) is 8.71. The summed E-state index contributed by atoms with van der Waals surface area (Å²) in [6.45, 7) is 5.61. The van der Waals surface area contributed by atoms with Gasteiger partial charge in [0.05, 0.1) is 16.9 Å². The van der Waals surface area contributed by atoms with Crippen molar-refractivity contribution in [3.05, 3.63) is 70.5 Å². The van der Waals surface area contributed by atoms with E-state index in [1.807, 2.05) is 13.8 Å². The van der Waals surface area contributed by atoms with Gasteiger partial charge in [0.15, 0.2) is 6.61 Å². The SMILES string of the molecule is Cc1nc(-c2ccc(F)cc2)sc1C(=O)OCC(=O)Nc1ccccc1C(=O)NCC(C)C. The van der Waals surface area contributed by atoms with E-state index >= 15 is 0 Å². The molecule has 3 aromatic rings. The van der Waals surface area contributed by atoms with E-state index in [-0.39, 0.29) is 22.5 Å². The molecule has 0 bridgehead atoms. The minimum atomic E-state index is -0.684. The normalized spacial score (nSPS) is 10.7. The number of amides is 2. The van der Waals surface area contributed by atoms with Crippen molar-refractivity contribution in [3.8, 4) is 10.6 Å². The fourth-order valence-corrected chi connectivity index (χ4v) is 3.83. The zero-order chi connectivity index (χ0) is 24.0. The van der Waals surface area contributed by atoms with Crippen LogP contribution < -0.4 is 10.6 Å². The number of anilines is 1. The monoisotopic (exact) mass is 469 g/mol. The molecule has 3 rings (SSSR count). The van der Waals surface area contributed by atoms with Crippen molar-refractivity contribution in [1.82, 2.24) is 10.3 Å². The molecule has 2 amide bonds. The zero-order valence-electron chi connectivity index (χ0n) is 18.5. The minimum absolute atomic E-state index is 0.260. The van der Waals surface area contributed by atoms with Crippen LogP contribution in [0.2, 0.25) is 0 Å². The fraction of sp³-hybridized carbons (Fsp3) is 0.250. The first-order chi connectivity index (χ1) is 15.7. The van der Waals surface area contributed by atoms with Crippen LogP contribution in [-0.2, 0) is 9.53 Å². The first-order valence-corrected chi connectivity index (χ1v) is 11.1. The Hall–Kier alpha value is -3.59. The molecule has 172 valence electrons. The summed E-state index contributed by atoms with van der Waals surface area (Å²) in [5.74, 6) is -1.64. The van der Waals surface area contributed by atoms with Gasteiger partial charge in [-0.15, -0.1) is 11.3 Å². The fourth-order valence-electron chi connectivity index (χ4n) is 2.87. The van der Waals surface area contributed by atoms with Gasteiger partial charge in [-0.1, -0.05) is 26.0 Å². The van der Waals surface area contributed by atoms with E-state index in [1.54, 1.807) is 43.3 Å². The number of para-hydroxylation sites is 1. The summed E-state index contributed by atoms with van der Waals surface area (Å²) in [6, 6.07) is 12.4. The van der Waals surface area contributed by atoms with Gasteiger partial charge in [0, 0.05) is 12.1 Å². The minimum Gasteiger partial charge on any atom is -0.451 e. The summed E-state index contributed by atoms with van der Waals surface area (Å²) >= 11 is 1.10. The zero-order valence-corrected chi connectivity index (χ0v) is 19.3. The number of thiazole rings is 1. The summed E-state index contributed by atoms with van der Waals surface area (Å²) in [6.07, 6.45) is 0. The molecule has 2 aromatic carbocycles. The number of esters is 1. The number of hydrogen-bond acceptors (Lipinski definition) is 6. The average molecular weight is 470 g/mol. The van der Waals surface area contributed by atoms with E-state index < -0.39 is 18.5 Å². The first kappa shape index (κ1) is 24.1. The molecular formula is C24H24FN3O4S. The first-order valence-electron chi connectivity index (χ1n) is 10.3. The third-order valence-corrected chi connectivity index (χ3v) is 5.71. The molecule has 0 atom stereocenters. The van der Waals surface area contributed by atoms with Gasteiger partial charge in [-0.2, -0.15) is 0 Å². The van der Waals surface area contributed by atoms with Gasteiger partial charge in [0.25, 0.3) is 11.8 Å². The molecule has 0 saturated heterocycles. The largest absolute Gasteiger partial charge is 0.451 e. The molecule has 0 saturated carbocycles. The van der Waals surface area contributed by atoms with Crippen LogP contribution in [-0.4, -0.2) is 35.9 Å². The number of rotatable bonds is 8. The van der Waals surface area contributed by atoms with Crippen LogP contribution in [0.3, 0.4) is 0 Å². The molecule has 0 aliphatic rings. The predicted octanol–water partition coefficient (Wildman–Crippen LogP) is 4.44. The van der Waals surface area contributed by atoms with Crippen LogP contribution in [0.4, 0.5) is 10.1 Å². The van der Waals surface area contributed by atoms with Gasteiger partial charge in [0.1, 0.15) is 15.7 Å². The standard InChI is InChI=1S/C24H24FN3O4S/c1-14(2)12-26-22(30)18-6-4-5-7-19(18)28-20(29)13-32-24(31)21-15(3)27-23(33-21)16-8-10-17(25)11-9-16/h4-11,14H,12-13H2,1-3H3,(H,26,30)(H,28,29). The Morgan fingerprint density at radius 3 is 2.48 bits per heavy atom. The number of aryl methyl sites for hydroxylation is 1. The molecule has 0 radical (unpaired) electrons. The second-order valence-electron chi connectivity index (χ2n) is 7.71. The Labute approximate surface area is 195 Å². The summed E-state index contributed by atoms with van der Waals surface area (Å²) < 4.78 is 18.3. The number of nitrogens with one attached hydrogen (secondary N) is 2. The summed E-state index contributed by atoms with van der Waals surface area (Å²) in [5.41, 5.74) is 1.78. The van der Waals surface area contributed by atoms with Gasteiger partial charge in [-0.25, -0.2) is 14.2 Å². The molecule has 0 spiro atoms. The number of halogens is 1. The molecule has 0 fully saturated rings. The van der Waals surface area contributed by atoms with Crippen molar-refractivity contribution in [3.63, 3.8) is 0 Å². The van der Waals surface area contributed by atoms with Crippen LogP contribution >= 0.6 is 11.3 Å². The molecule has 0 aliphatic heterocycles. The molecule has 0 aliphatic carbocycles. The van der Waals surface area contributed by atoms with E-state index in [1.165, 1.54) is 12.1 Å². The summed E-state index contributed by atoms with van der Waals surface area (Å²) in [7, 11) is 0. The average Bonchev–Trinajstić information content (AvgIpc) is 3.18. The van der Waals surface area contributed by atoms with Crippen molar-refractivity contribution < 1.29 is 23.5 Å². The number of carbonyl (C=O) groups excluding carboxylic acids is 3. The lowest BCUT2D eigenvalue weighted by atomic mass is 10.1. The molecule has 2 N–H and O–H groups in total. The number of hydrogen-bond donors (Lipinski definition) is 2. The van der Waals surface area contributed by atoms with Crippen molar-refractivity contribution in [2.45, 2.75) is 20.8 Å². The van der Waals surface area contributed by atoms with Crippen molar-refractivity contribution in [2.75, 3.05) is 18.5 Å². The van der Waals surface area contributed by atoms with Gasteiger partial charge < -0.3 is 15.4 Å². The Morgan fingerprint density at radius 2 is 1.79 bits per heavy atom. The van der Waals surface area contributed by atoms with Gasteiger partial charge in [0.2, 0.25) is 0 Å². The number of aromatic nitrogens is 1. The topological polar surface area (TPSA) is 97.4 Å². The molecule has 0 unspecified atom stereocenters. The van der Waals surface area contributed by atoms with Gasteiger partial charge >= 0.3 is 5.97 Å². The van der Waals surface area contributed by atoms with Gasteiger partial charge in [-0.3, -0.25) is 9.59 Å². The van der Waals surface area contributed by atoms with Crippen LogP contribution in [0.5, 0.6) is 0 Å². The Kier molecular flexibility index (Phi) is 7.89. The van der Waals surface area contributed by atoms with E-state index in [4.69, 9.17) is 4.74 Å². The van der Waals surface area contributed by atoms with E-state index in [9.17, 15) is 18.8 Å². The molecule has 9 heteroatoms. The highest BCUT2D eigenvalue weighted by molar-refractivity contribution is 7.17. The van der Waals surface area contributed by atoms with Crippen LogP contribution in [0.15, 0.2) is 48.5 Å². The lowest BCUT2D eigenvalue weighted by molar-refractivity contribution is -0.119. The number of nitrogens with zero attached hydrogens (tertiary/aromatic N) is 1. The molecule has 1 aromatic heterocycles. The molecule has 7 nitrogen and oxygen atoms in total. The lowest BCUT2D eigenvalue weighted by Gasteiger charge is -2.12. The maximum Gasteiger partial charge on any atom is 0.350 e. The smallest absolute Gasteiger partial charge is 0.350 e. The van der Waals surface area contributed by atoms with E-state index in [2.05, 4.69) is 15.6 Å². The third-order valence-electron chi connectivity index (χ3n) is 4.52. The Morgan fingerprint density at radius 1 is 1.09 bits per heavy atom. The van der Waals surface area contributed by atoms with Gasteiger partial charge in [-0.05, 0) is 49.2 Å². The molecular weight excluding hydrogens is 445 g/mol. The van der Waals surface area contributed by atoms with Crippen LogP contribution in [0.1, 0.15) is 39.6 Å². The maximum atomic E-state index is 13.1. The third kappa shape index (κ3) is 6.45.